The number of anilines is 1. The van der Waals surface area contributed by atoms with E-state index in [4.69, 9.17) is 4.74 Å². The monoisotopic (exact) mass is 289 g/mol. The second-order valence-electron chi connectivity index (χ2n) is 4.80. The maximum absolute atomic E-state index is 12.0. The molecule has 2 aromatic rings. The molecule has 0 aliphatic carbocycles. The maximum atomic E-state index is 12.0. The number of hydrogen-bond acceptors (Lipinski definition) is 6. The van der Waals surface area contributed by atoms with Crippen molar-refractivity contribution in [1.82, 2.24) is 19.7 Å². The van der Waals surface area contributed by atoms with Gasteiger partial charge in [-0.05, 0) is 25.0 Å². The van der Waals surface area contributed by atoms with Gasteiger partial charge in [0.1, 0.15) is 5.69 Å². The molecule has 3 heterocycles. The summed E-state index contributed by atoms with van der Waals surface area (Å²) >= 11 is 0. The smallest absolute Gasteiger partial charge is 0.357 e. The van der Waals surface area contributed by atoms with Crippen molar-refractivity contribution >= 4 is 11.7 Å². The first-order valence-electron chi connectivity index (χ1n) is 6.66. The zero-order valence-corrected chi connectivity index (χ0v) is 11.5. The second kappa shape index (κ2) is 5.39. The van der Waals surface area contributed by atoms with Crippen LogP contribution in [0.15, 0.2) is 16.9 Å². The molecule has 0 atom stereocenters. The molecule has 3 rings (SSSR count). The number of H-pyrrole nitrogens is 1. The number of carbonyl (C=O) groups is 1. The Bertz CT molecular complexity index is 734. The number of nitrogens with one attached hydrogen (secondary N) is 2. The fourth-order valence-electron chi connectivity index (χ4n) is 2.17. The number of ether oxygens (including phenoxy) is 1. The number of nitrogens with zero attached hydrogens (tertiary/aromatic N) is 3. The first-order valence-corrected chi connectivity index (χ1v) is 6.66. The summed E-state index contributed by atoms with van der Waals surface area (Å²) in [6.45, 7) is 0.831. The largest absolute Gasteiger partial charge is 0.453 e. The molecule has 1 aliphatic heterocycles. The number of rotatable bonds is 3. The number of aromatic nitrogens is 4. The van der Waals surface area contributed by atoms with Crippen LogP contribution in [0.25, 0.3) is 0 Å². The van der Waals surface area contributed by atoms with Gasteiger partial charge in [0, 0.05) is 13.6 Å². The van der Waals surface area contributed by atoms with Gasteiger partial charge in [0.2, 0.25) is 0 Å². The SMILES string of the molecule is Cn1nc(COC(=O)c2ccc3c(n2)CCCN3)[nH]c1=O. The molecule has 8 heteroatoms. The predicted molar refractivity (Wildman–Crippen MR) is 74.0 cm³/mol. The van der Waals surface area contributed by atoms with Crippen molar-refractivity contribution in [1.29, 1.82) is 0 Å². The Morgan fingerprint density at radius 1 is 1.48 bits per heavy atom. The lowest BCUT2D eigenvalue weighted by molar-refractivity contribution is 0.0455. The summed E-state index contributed by atoms with van der Waals surface area (Å²) in [5, 5.41) is 7.12. The van der Waals surface area contributed by atoms with Gasteiger partial charge < -0.3 is 10.1 Å². The molecular formula is C13H15N5O3. The highest BCUT2D eigenvalue weighted by molar-refractivity contribution is 5.87. The third kappa shape index (κ3) is 2.78. The van der Waals surface area contributed by atoms with Crippen molar-refractivity contribution < 1.29 is 9.53 Å². The topological polar surface area (TPSA) is 102 Å². The van der Waals surface area contributed by atoms with Crippen molar-refractivity contribution in [3.05, 3.63) is 39.8 Å². The quantitative estimate of drug-likeness (QED) is 0.784. The Labute approximate surface area is 120 Å². The average Bonchev–Trinajstić information content (AvgIpc) is 2.83. The molecule has 0 spiro atoms. The fourth-order valence-corrected chi connectivity index (χ4v) is 2.17. The maximum Gasteiger partial charge on any atom is 0.357 e. The van der Waals surface area contributed by atoms with Gasteiger partial charge in [0.25, 0.3) is 0 Å². The van der Waals surface area contributed by atoms with Crippen LogP contribution in [-0.4, -0.2) is 32.3 Å². The minimum atomic E-state index is -0.533. The summed E-state index contributed by atoms with van der Waals surface area (Å²) in [4.78, 5) is 30.0. The van der Waals surface area contributed by atoms with E-state index in [1.807, 2.05) is 6.07 Å². The van der Waals surface area contributed by atoms with E-state index in [0.29, 0.717) is 5.82 Å². The van der Waals surface area contributed by atoms with Crippen LogP contribution in [-0.2, 0) is 24.8 Å². The van der Waals surface area contributed by atoms with E-state index in [-0.39, 0.29) is 18.0 Å². The molecule has 21 heavy (non-hydrogen) atoms. The van der Waals surface area contributed by atoms with Crippen LogP contribution < -0.4 is 11.0 Å². The number of esters is 1. The van der Waals surface area contributed by atoms with Crippen molar-refractivity contribution in [2.45, 2.75) is 19.4 Å². The van der Waals surface area contributed by atoms with Crippen LogP contribution in [0.4, 0.5) is 5.69 Å². The fraction of sp³-hybridized carbons (Fsp3) is 0.385. The summed E-state index contributed by atoms with van der Waals surface area (Å²) in [7, 11) is 1.52. The number of aryl methyl sites for hydroxylation is 2. The van der Waals surface area contributed by atoms with Gasteiger partial charge in [-0.25, -0.2) is 19.3 Å². The third-order valence-corrected chi connectivity index (χ3v) is 3.24. The number of hydrogen-bond donors (Lipinski definition) is 2. The van der Waals surface area contributed by atoms with Crippen molar-refractivity contribution in [3.63, 3.8) is 0 Å². The first kappa shape index (κ1) is 13.3. The molecule has 0 amide bonds. The summed E-state index contributed by atoms with van der Waals surface area (Å²) in [6.07, 6.45) is 1.84. The molecule has 0 radical (unpaired) electrons. The molecule has 0 saturated heterocycles. The first-order chi connectivity index (χ1) is 10.1. The Balaban J connectivity index is 1.69. The van der Waals surface area contributed by atoms with Gasteiger partial charge in [-0.1, -0.05) is 0 Å². The average molecular weight is 289 g/mol. The van der Waals surface area contributed by atoms with Crippen LogP contribution in [0.5, 0.6) is 0 Å². The second-order valence-corrected chi connectivity index (χ2v) is 4.80. The van der Waals surface area contributed by atoms with E-state index in [1.165, 1.54) is 7.05 Å². The molecule has 0 fully saturated rings. The molecular weight excluding hydrogens is 274 g/mol. The van der Waals surface area contributed by atoms with Gasteiger partial charge >= 0.3 is 11.7 Å². The number of fused-ring (bicyclic) bond motifs is 1. The lowest BCUT2D eigenvalue weighted by atomic mass is 10.1. The Morgan fingerprint density at radius 3 is 3.10 bits per heavy atom. The molecule has 0 saturated carbocycles. The van der Waals surface area contributed by atoms with Crippen molar-refractivity contribution in [2.24, 2.45) is 7.05 Å². The summed E-state index contributed by atoms with van der Waals surface area (Å²) in [5.74, 6) is -0.231. The van der Waals surface area contributed by atoms with E-state index >= 15 is 0 Å². The van der Waals surface area contributed by atoms with E-state index in [2.05, 4.69) is 20.4 Å². The molecule has 1 aliphatic rings. The van der Waals surface area contributed by atoms with Crippen molar-refractivity contribution in [2.75, 3.05) is 11.9 Å². The van der Waals surface area contributed by atoms with Crippen LogP contribution >= 0.6 is 0 Å². The van der Waals surface area contributed by atoms with Gasteiger partial charge in [-0.3, -0.25) is 4.98 Å². The van der Waals surface area contributed by atoms with Crippen LogP contribution in [0.3, 0.4) is 0 Å². The third-order valence-electron chi connectivity index (χ3n) is 3.24. The lowest BCUT2D eigenvalue weighted by Gasteiger charge is -2.17. The highest BCUT2D eigenvalue weighted by Crippen LogP contribution is 2.20. The Morgan fingerprint density at radius 2 is 2.33 bits per heavy atom. The molecule has 8 nitrogen and oxygen atoms in total. The van der Waals surface area contributed by atoms with Crippen LogP contribution in [0, 0.1) is 0 Å². The van der Waals surface area contributed by atoms with E-state index in [0.717, 1.165) is 35.4 Å². The van der Waals surface area contributed by atoms with E-state index < -0.39 is 5.97 Å². The predicted octanol–water partition coefficient (Wildman–Crippen LogP) is 0.219. The van der Waals surface area contributed by atoms with Crippen LogP contribution in [0.1, 0.15) is 28.4 Å². The molecule has 2 N–H and O–H groups in total. The number of aromatic amines is 1. The summed E-state index contributed by atoms with van der Waals surface area (Å²) in [5.41, 5.74) is 1.75. The highest BCUT2D eigenvalue weighted by Gasteiger charge is 2.15. The van der Waals surface area contributed by atoms with Gasteiger partial charge in [-0.2, -0.15) is 5.10 Å². The molecule has 0 aromatic carbocycles. The molecule has 2 aromatic heterocycles. The van der Waals surface area contributed by atoms with Gasteiger partial charge in [-0.15, -0.1) is 0 Å². The Kier molecular flexibility index (Phi) is 3.43. The summed E-state index contributed by atoms with van der Waals surface area (Å²) < 4.78 is 6.25. The van der Waals surface area contributed by atoms with Gasteiger partial charge in [0.05, 0.1) is 11.4 Å². The normalized spacial score (nSPS) is 13.4. The van der Waals surface area contributed by atoms with Crippen molar-refractivity contribution in [3.8, 4) is 0 Å². The minimum absolute atomic E-state index is 0.0913. The number of pyridine rings is 1. The molecule has 0 unspecified atom stereocenters. The number of carbonyl (C=O) groups excluding carboxylic acids is 1. The highest BCUT2D eigenvalue weighted by atomic mass is 16.5. The van der Waals surface area contributed by atoms with E-state index in [1.54, 1.807) is 6.07 Å². The molecule has 110 valence electrons. The lowest BCUT2D eigenvalue weighted by Crippen LogP contribution is -2.16. The van der Waals surface area contributed by atoms with Crippen LogP contribution in [0.2, 0.25) is 0 Å². The zero-order chi connectivity index (χ0) is 14.8. The molecule has 0 bridgehead atoms. The standard InChI is InChI=1S/C13H15N5O3/c1-18-13(20)16-11(17-18)7-21-12(19)10-5-4-8-9(15-10)3-2-6-14-8/h4-5,14H,2-3,6-7H2,1H3,(H,16,17,20). The van der Waals surface area contributed by atoms with Gasteiger partial charge in [0.15, 0.2) is 12.4 Å². The zero-order valence-electron chi connectivity index (χ0n) is 11.5. The Hall–Kier alpha value is -2.64. The minimum Gasteiger partial charge on any atom is -0.453 e. The van der Waals surface area contributed by atoms with E-state index in [9.17, 15) is 9.59 Å². The summed E-state index contributed by atoms with van der Waals surface area (Å²) in [6, 6.07) is 3.46.